The molecule has 0 fully saturated rings. The molecule has 0 amide bonds. The second-order valence-corrected chi connectivity index (χ2v) is 5.49. The quantitative estimate of drug-likeness (QED) is 0.733. The summed E-state index contributed by atoms with van der Waals surface area (Å²) in [6.07, 6.45) is 3.44. The Morgan fingerprint density at radius 3 is 3.00 bits per heavy atom. The zero-order valence-electron chi connectivity index (χ0n) is 13.2. The van der Waals surface area contributed by atoms with Crippen molar-refractivity contribution in [2.75, 3.05) is 11.9 Å². The zero-order valence-corrected chi connectivity index (χ0v) is 13.2. The summed E-state index contributed by atoms with van der Waals surface area (Å²) in [6, 6.07) is 9.71. The van der Waals surface area contributed by atoms with Gasteiger partial charge in [0, 0.05) is 30.2 Å². The maximum absolute atomic E-state index is 9.03. The number of fused-ring (bicyclic) bond motifs is 1. The number of nitrogens with one attached hydrogen (secondary N) is 1. The van der Waals surface area contributed by atoms with E-state index in [0.717, 1.165) is 42.1 Å². The van der Waals surface area contributed by atoms with Crippen LogP contribution in [0, 0.1) is 25.2 Å². The lowest BCUT2D eigenvalue weighted by molar-refractivity contribution is 0.793. The Balaban J connectivity index is 1.61. The summed E-state index contributed by atoms with van der Waals surface area (Å²) in [5.41, 5.74) is 4.57. The van der Waals surface area contributed by atoms with E-state index in [4.69, 9.17) is 5.26 Å². The van der Waals surface area contributed by atoms with Crippen molar-refractivity contribution in [1.82, 2.24) is 19.6 Å². The first-order valence-corrected chi connectivity index (χ1v) is 7.59. The van der Waals surface area contributed by atoms with Gasteiger partial charge in [-0.1, -0.05) is 0 Å². The molecule has 0 bridgehead atoms. The summed E-state index contributed by atoms with van der Waals surface area (Å²) in [5, 5.41) is 16.8. The molecule has 3 rings (SSSR count). The van der Waals surface area contributed by atoms with Crippen molar-refractivity contribution in [3.05, 3.63) is 53.1 Å². The average Bonchev–Trinajstić information content (AvgIpc) is 2.95. The first-order valence-electron chi connectivity index (χ1n) is 7.59. The van der Waals surface area contributed by atoms with Crippen molar-refractivity contribution in [2.24, 2.45) is 0 Å². The minimum Gasteiger partial charge on any atom is -0.369 e. The van der Waals surface area contributed by atoms with Gasteiger partial charge >= 0.3 is 0 Å². The molecule has 116 valence electrons. The van der Waals surface area contributed by atoms with Crippen molar-refractivity contribution in [2.45, 2.75) is 26.7 Å². The summed E-state index contributed by atoms with van der Waals surface area (Å²) >= 11 is 0. The molecular formula is C17H18N6. The van der Waals surface area contributed by atoms with Gasteiger partial charge in [0.2, 0.25) is 0 Å². The van der Waals surface area contributed by atoms with Crippen molar-refractivity contribution in [3.63, 3.8) is 0 Å². The number of hydrogen-bond donors (Lipinski definition) is 1. The highest BCUT2D eigenvalue weighted by Gasteiger charge is 2.06. The predicted octanol–water partition coefficient (Wildman–Crippen LogP) is 2.66. The fourth-order valence-electron chi connectivity index (χ4n) is 2.57. The fourth-order valence-corrected chi connectivity index (χ4v) is 2.57. The molecule has 23 heavy (non-hydrogen) atoms. The molecule has 3 aromatic rings. The van der Waals surface area contributed by atoms with Crippen LogP contribution in [-0.4, -0.2) is 26.1 Å². The normalized spacial score (nSPS) is 10.7. The van der Waals surface area contributed by atoms with Gasteiger partial charge in [0.1, 0.15) is 11.9 Å². The minimum absolute atomic E-state index is 0.565. The lowest BCUT2D eigenvalue weighted by Crippen LogP contribution is -2.06. The van der Waals surface area contributed by atoms with Crippen molar-refractivity contribution >= 4 is 11.5 Å². The maximum atomic E-state index is 9.03. The van der Waals surface area contributed by atoms with E-state index in [1.807, 2.05) is 30.5 Å². The van der Waals surface area contributed by atoms with E-state index < -0.39 is 0 Å². The Morgan fingerprint density at radius 2 is 2.17 bits per heavy atom. The van der Waals surface area contributed by atoms with Gasteiger partial charge in [-0.2, -0.15) is 10.4 Å². The number of hydrogen-bond acceptors (Lipinski definition) is 5. The third-order valence-corrected chi connectivity index (χ3v) is 3.61. The number of aromatic nitrogens is 4. The second kappa shape index (κ2) is 6.44. The fraction of sp³-hybridized carbons (Fsp3) is 0.294. The van der Waals surface area contributed by atoms with Crippen LogP contribution in [0.1, 0.15) is 29.1 Å². The number of nitriles is 1. The summed E-state index contributed by atoms with van der Waals surface area (Å²) in [4.78, 5) is 8.68. The van der Waals surface area contributed by atoms with E-state index in [9.17, 15) is 0 Å². The first kappa shape index (κ1) is 15.0. The highest BCUT2D eigenvalue weighted by molar-refractivity contribution is 5.51. The monoisotopic (exact) mass is 306 g/mol. The molecule has 0 spiro atoms. The van der Waals surface area contributed by atoms with Gasteiger partial charge in [0.15, 0.2) is 5.65 Å². The maximum Gasteiger partial charge on any atom is 0.155 e. The third kappa shape index (κ3) is 3.29. The molecule has 0 aliphatic carbocycles. The second-order valence-electron chi connectivity index (χ2n) is 5.49. The van der Waals surface area contributed by atoms with Gasteiger partial charge in [0.05, 0.1) is 11.3 Å². The van der Waals surface area contributed by atoms with Crippen LogP contribution in [0.3, 0.4) is 0 Å². The molecule has 3 heterocycles. The Labute approximate surface area is 134 Å². The first-order chi connectivity index (χ1) is 11.2. The van der Waals surface area contributed by atoms with Crippen molar-refractivity contribution in [1.29, 1.82) is 5.26 Å². The van der Waals surface area contributed by atoms with Gasteiger partial charge in [-0.25, -0.2) is 14.5 Å². The standard InChI is InChI=1S/C17H18N6/c1-12-9-13(2)23-16(21-12)10-15(22-23)6-4-8-20-17-14(11-18)5-3-7-19-17/h3,5,7,9-10H,4,6,8H2,1-2H3,(H,19,20). The largest absolute Gasteiger partial charge is 0.369 e. The van der Waals surface area contributed by atoms with Crippen molar-refractivity contribution < 1.29 is 0 Å². The summed E-state index contributed by atoms with van der Waals surface area (Å²) in [7, 11) is 0. The Hall–Kier alpha value is -2.94. The molecule has 6 nitrogen and oxygen atoms in total. The smallest absolute Gasteiger partial charge is 0.155 e. The molecule has 0 aliphatic heterocycles. The number of anilines is 1. The zero-order chi connectivity index (χ0) is 16.2. The molecule has 0 aliphatic rings. The molecule has 0 saturated heterocycles. The summed E-state index contributed by atoms with van der Waals surface area (Å²) < 4.78 is 1.88. The molecule has 0 saturated carbocycles. The lowest BCUT2D eigenvalue weighted by atomic mass is 10.2. The van der Waals surface area contributed by atoms with Gasteiger partial charge < -0.3 is 5.32 Å². The molecule has 0 radical (unpaired) electrons. The van der Waals surface area contributed by atoms with Gasteiger partial charge in [0.25, 0.3) is 0 Å². The average molecular weight is 306 g/mol. The SMILES string of the molecule is Cc1cc(C)n2nc(CCCNc3ncccc3C#N)cc2n1. The molecule has 6 heteroatoms. The number of rotatable bonds is 5. The minimum atomic E-state index is 0.565. The summed E-state index contributed by atoms with van der Waals surface area (Å²) in [6.45, 7) is 4.76. The van der Waals surface area contributed by atoms with Crippen LogP contribution in [0.4, 0.5) is 5.82 Å². The lowest BCUT2D eigenvalue weighted by Gasteiger charge is -2.05. The molecular weight excluding hydrogens is 288 g/mol. The Morgan fingerprint density at radius 1 is 1.30 bits per heavy atom. The molecule has 0 aromatic carbocycles. The van der Waals surface area contributed by atoms with E-state index in [1.165, 1.54) is 0 Å². The third-order valence-electron chi connectivity index (χ3n) is 3.61. The van der Waals surface area contributed by atoms with Crippen LogP contribution in [-0.2, 0) is 6.42 Å². The van der Waals surface area contributed by atoms with Crippen LogP contribution in [0.25, 0.3) is 5.65 Å². The van der Waals surface area contributed by atoms with E-state index in [2.05, 4.69) is 26.5 Å². The van der Waals surface area contributed by atoms with Gasteiger partial charge in [-0.3, -0.25) is 0 Å². The topological polar surface area (TPSA) is 78.9 Å². The van der Waals surface area contributed by atoms with Crippen LogP contribution in [0.15, 0.2) is 30.5 Å². The Bertz CT molecular complexity index is 874. The number of aryl methyl sites for hydroxylation is 3. The molecule has 1 N–H and O–H groups in total. The van der Waals surface area contributed by atoms with Crippen LogP contribution in [0.2, 0.25) is 0 Å². The van der Waals surface area contributed by atoms with E-state index >= 15 is 0 Å². The Kier molecular flexibility index (Phi) is 4.20. The van der Waals surface area contributed by atoms with E-state index in [-0.39, 0.29) is 0 Å². The summed E-state index contributed by atoms with van der Waals surface area (Å²) in [5.74, 6) is 0.637. The van der Waals surface area contributed by atoms with Crippen LogP contribution < -0.4 is 5.32 Å². The highest BCUT2D eigenvalue weighted by atomic mass is 15.3. The van der Waals surface area contributed by atoms with Gasteiger partial charge in [-0.15, -0.1) is 0 Å². The van der Waals surface area contributed by atoms with E-state index in [0.29, 0.717) is 11.4 Å². The molecule has 3 aromatic heterocycles. The van der Waals surface area contributed by atoms with Gasteiger partial charge in [-0.05, 0) is 44.9 Å². The van der Waals surface area contributed by atoms with Crippen LogP contribution in [0.5, 0.6) is 0 Å². The van der Waals surface area contributed by atoms with Crippen molar-refractivity contribution in [3.8, 4) is 6.07 Å². The number of pyridine rings is 1. The highest BCUT2D eigenvalue weighted by Crippen LogP contribution is 2.12. The van der Waals surface area contributed by atoms with E-state index in [1.54, 1.807) is 18.3 Å². The predicted molar refractivity (Wildman–Crippen MR) is 88.2 cm³/mol. The number of nitrogens with zero attached hydrogens (tertiary/aromatic N) is 5. The molecule has 0 unspecified atom stereocenters. The molecule has 0 atom stereocenters. The van der Waals surface area contributed by atoms with Crippen LogP contribution >= 0.6 is 0 Å².